The number of benzene rings is 3. The molecular weight excluding hydrogens is 382 g/mol. The second-order valence-electron chi connectivity index (χ2n) is 6.78. The monoisotopic (exact) mass is 402 g/mol. The van der Waals surface area contributed by atoms with Gasteiger partial charge in [0.2, 0.25) is 10.0 Å². The van der Waals surface area contributed by atoms with Gasteiger partial charge in [0, 0.05) is 19.8 Å². The lowest BCUT2D eigenvalue weighted by Gasteiger charge is -2.18. The summed E-state index contributed by atoms with van der Waals surface area (Å²) in [6, 6.07) is 13.7. The minimum Gasteiger partial charge on any atom is -0.377 e. The molecule has 2 N–H and O–H groups in total. The Labute approximate surface area is 163 Å². The molecule has 0 aromatic heterocycles. The van der Waals surface area contributed by atoms with Crippen LogP contribution >= 0.6 is 0 Å². The summed E-state index contributed by atoms with van der Waals surface area (Å²) in [5.41, 5.74) is 4.24. The summed E-state index contributed by atoms with van der Waals surface area (Å²) in [4.78, 5) is 1.89. The first-order valence-electron chi connectivity index (χ1n) is 8.48. The Kier molecular flexibility index (Phi) is 5.23. The van der Waals surface area contributed by atoms with Gasteiger partial charge in [-0.3, -0.25) is 0 Å². The van der Waals surface area contributed by atoms with Crippen LogP contribution in [0, 0.1) is 18.6 Å². The van der Waals surface area contributed by atoms with Crippen molar-refractivity contribution in [3.8, 4) is 22.3 Å². The molecule has 3 aromatic rings. The normalized spacial score (nSPS) is 11.5. The zero-order valence-electron chi connectivity index (χ0n) is 15.7. The van der Waals surface area contributed by atoms with Crippen LogP contribution in [0.5, 0.6) is 0 Å². The number of hydrogen-bond donors (Lipinski definition) is 1. The van der Waals surface area contributed by atoms with E-state index in [0.717, 1.165) is 28.9 Å². The summed E-state index contributed by atoms with van der Waals surface area (Å²) in [6.45, 7) is 1.97. The van der Waals surface area contributed by atoms with E-state index in [1.165, 1.54) is 24.3 Å². The summed E-state index contributed by atoms with van der Waals surface area (Å²) in [5.74, 6) is -1.93. The van der Waals surface area contributed by atoms with E-state index in [0.29, 0.717) is 16.7 Å². The van der Waals surface area contributed by atoms with Crippen molar-refractivity contribution in [1.82, 2.24) is 0 Å². The molecule has 0 radical (unpaired) electrons. The van der Waals surface area contributed by atoms with Crippen molar-refractivity contribution in [2.24, 2.45) is 5.14 Å². The van der Waals surface area contributed by atoms with Crippen LogP contribution in [0.1, 0.15) is 5.56 Å². The van der Waals surface area contributed by atoms with Crippen LogP contribution in [0.2, 0.25) is 0 Å². The predicted octanol–water partition coefficient (Wildman–Crippen LogP) is 4.32. The molecule has 0 saturated heterocycles. The smallest absolute Gasteiger partial charge is 0.238 e. The lowest BCUT2D eigenvalue weighted by atomic mass is 9.93. The number of halogens is 2. The van der Waals surface area contributed by atoms with Crippen LogP contribution in [0.25, 0.3) is 22.3 Å². The maximum absolute atomic E-state index is 14.0. The number of nitrogens with two attached hydrogens (primary N) is 1. The predicted molar refractivity (Wildman–Crippen MR) is 108 cm³/mol. The van der Waals surface area contributed by atoms with Crippen LogP contribution < -0.4 is 10.0 Å². The van der Waals surface area contributed by atoms with E-state index in [9.17, 15) is 17.2 Å². The second-order valence-corrected chi connectivity index (χ2v) is 8.34. The highest BCUT2D eigenvalue weighted by Crippen LogP contribution is 2.36. The largest absolute Gasteiger partial charge is 0.377 e. The molecule has 0 unspecified atom stereocenters. The van der Waals surface area contributed by atoms with E-state index in [4.69, 9.17) is 5.14 Å². The topological polar surface area (TPSA) is 63.4 Å². The number of rotatable bonds is 4. The van der Waals surface area contributed by atoms with Gasteiger partial charge in [0.05, 0.1) is 4.90 Å². The first-order valence-corrected chi connectivity index (χ1v) is 10.0. The van der Waals surface area contributed by atoms with E-state index in [1.807, 2.05) is 44.1 Å². The third kappa shape index (κ3) is 3.90. The van der Waals surface area contributed by atoms with Crippen molar-refractivity contribution in [2.75, 3.05) is 19.0 Å². The fraction of sp³-hybridized carbons (Fsp3) is 0.143. The molecular formula is C21H20F2N2O2S. The Morgan fingerprint density at radius 1 is 0.821 bits per heavy atom. The van der Waals surface area contributed by atoms with Gasteiger partial charge >= 0.3 is 0 Å². The molecule has 0 spiro atoms. The lowest BCUT2D eigenvalue weighted by Crippen LogP contribution is -2.11. The highest BCUT2D eigenvalue weighted by Gasteiger charge is 2.16. The second kappa shape index (κ2) is 7.33. The van der Waals surface area contributed by atoms with Gasteiger partial charge in [-0.25, -0.2) is 22.3 Å². The van der Waals surface area contributed by atoms with Crippen molar-refractivity contribution in [2.45, 2.75) is 11.8 Å². The van der Waals surface area contributed by atoms with Gasteiger partial charge in [-0.05, 0) is 65.1 Å². The first-order chi connectivity index (χ1) is 13.1. The van der Waals surface area contributed by atoms with E-state index in [-0.39, 0.29) is 4.90 Å². The van der Waals surface area contributed by atoms with Gasteiger partial charge < -0.3 is 4.90 Å². The minimum absolute atomic E-state index is 0.0504. The molecule has 4 nitrogen and oxygen atoms in total. The van der Waals surface area contributed by atoms with Crippen LogP contribution in [-0.2, 0) is 10.0 Å². The van der Waals surface area contributed by atoms with Gasteiger partial charge in [0.15, 0.2) is 11.6 Å². The van der Waals surface area contributed by atoms with E-state index >= 15 is 0 Å². The maximum Gasteiger partial charge on any atom is 0.238 e. The molecule has 3 rings (SSSR count). The third-order valence-corrected chi connectivity index (χ3v) is 5.49. The van der Waals surface area contributed by atoms with Gasteiger partial charge in [-0.2, -0.15) is 0 Å². The zero-order valence-corrected chi connectivity index (χ0v) is 16.5. The average Bonchev–Trinajstić information content (AvgIpc) is 2.63. The minimum atomic E-state index is -3.84. The molecule has 3 aromatic carbocycles. The van der Waals surface area contributed by atoms with E-state index < -0.39 is 21.7 Å². The first kappa shape index (κ1) is 20.0. The SMILES string of the molecule is Cc1ccc(-c2cc(F)c(F)cc2-c2ccc(S(N)(=O)=O)cc2)cc1N(C)C. The molecule has 0 atom stereocenters. The number of nitrogens with zero attached hydrogens (tertiary/aromatic N) is 1. The highest BCUT2D eigenvalue weighted by atomic mass is 32.2. The average molecular weight is 402 g/mol. The number of hydrogen-bond acceptors (Lipinski definition) is 3. The quantitative estimate of drug-likeness (QED) is 0.707. The molecule has 7 heteroatoms. The Morgan fingerprint density at radius 3 is 1.82 bits per heavy atom. The summed E-state index contributed by atoms with van der Waals surface area (Å²) in [5, 5.41) is 5.13. The van der Waals surface area contributed by atoms with Crippen molar-refractivity contribution < 1.29 is 17.2 Å². The summed E-state index contributed by atoms with van der Waals surface area (Å²) >= 11 is 0. The number of primary sulfonamides is 1. The fourth-order valence-electron chi connectivity index (χ4n) is 3.11. The van der Waals surface area contributed by atoms with Crippen LogP contribution in [-0.4, -0.2) is 22.5 Å². The standard InChI is InChI=1S/C21H20F2N2O2S/c1-13-4-5-15(10-21(13)25(2)3)18-12-20(23)19(22)11-17(18)14-6-8-16(9-7-14)28(24,26)27/h4-12H,1-3H3,(H2,24,26,27). The van der Waals surface area contributed by atoms with E-state index in [1.54, 1.807) is 0 Å². The molecule has 28 heavy (non-hydrogen) atoms. The lowest BCUT2D eigenvalue weighted by molar-refractivity contribution is 0.509. The molecule has 0 aliphatic carbocycles. The van der Waals surface area contributed by atoms with Crippen LogP contribution in [0.3, 0.4) is 0 Å². The Balaban J connectivity index is 2.21. The van der Waals surface area contributed by atoms with Crippen molar-refractivity contribution in [1.29, 1.82) is 0 Å². The molecule has 0 aliphatic heterocycles. The number of anilines is 1. The fourth-order valence-corrected chi connectivity index (χ4v) is 3.62. The molecule has 0 fully saturated rings. The van der Waals surface area contributed by atoms with Gasteiger partial charge in [0.25, 0.3) is 0 Å². The number of aryl methyl sites for hydroxylation is 1. The van der Waals surface area contributed by atoms with Gasteiger partial charge in [-0.15, -0.1) is 0 Å². The van der Waals surface area contributed by atoms with Gasteiger partial charge in [0.1, 0.15) is 0 Å². The molecule has 146 valence electrons. The van der Waals surface area contributed by atoms with Gasteiger partial charge in [-0.1, -0.05) is 24.3 Å². The highest BCUT2D eigenvalue weighted by molar-refractivity contribution is 7.89. The Morgan fingerprint density at radius 2 is 1.32 bits per heavy atom. The number of sulfonamides is 1. The third-order valence-electron chi connectivity index (χ3n) is 4.56. The molecule has 0 saturated carbocycles. The molecule has 0 bridgehead atoms. The van der Waals surface area contributed by atoms with Crippen molar-refractivity contribution in [3.63, 3.8) is 0 Å². The molecule has 0 amide bonds. The molecule has 0 heterocycles. The van der Waals surface area contributed by atoms with Crippen LogP contribution in [0.15, 0.2) is 59.5 Å². The van der Waals surface area contributed by atoms with Crippen molar-refractivity contribution in [3.05, 3.63) is 71.8 Å². The Hall–Kier alpha value is -2.77. The summed E-state index contributed by atoms with van der Waals surface area (Å²) in [6.07, 6.45) is 0. The van der Waals surface area contributed by atoms with E-state index in [2.05, 4.69) is 0 Å². The van der Waals surface area contributed by atoms with Crippen molar-refractivity contribution >= 4 is 15.7 Å². The maximum atomic E-state index is 14.0. The van der Waals surface area contributed by atoms with Crippen LogP contribution in [0.4, 0.5) is 14.5 Å². The Bertz CT molecular complexity index is 1140. The summed E-state index contributed by atoms with van der Waals surface area (Å²) in [7, 11) is -0.0245. The molecule has 0 aliphatic rings. The zero-order chi connectivity index (χ0) is 20.6. The summed E-state index contributed by atoms with van der Waals surface area (Å²) < 4.78 is 51.0.